The number of hydrogen-bond acceptors (Lipinski definition) is 4. The molecule has 1 fully saturated rings. The average molecular weight is 375 g/mol. The number of rotatable bonds is 6. The van der Waals surface area contributed by atoms with Gasteiger partial charge in [-0.1, -0.05) is 25.3 Å². The molecule has 2 heterocycles. The Labute approximate surface area is 158 Å². The van der Waals surface area contributed by atoms with Gasteiger partial charge >= 0.3 is 0 Å². The summed E-state index contributed by atoms with van der Waals surface area (Å²) in [6.07, 6.45) is 8.85. The minimum atomic E-state index is -0.453. The molecule has 0 aromatic carbocycles. The SMILES string of the molecule is CC(C)(NC(=O)c1cnn(CC(=O)NC2CCCCC2)c1)c1cccs1. The van der Waals surface area contributed by atoms with Crippen molar-refractivity contribution in [3.8, 4) is 0 Å². The van der Waals surface area contributed by atoms with Crippen LogP contribution in [0.1, 0.15) is 61.2 Å². The molecule has 6 nitrogen and oxygen atoms in total. The second-order valence-electron chi connectivity index (χ2n) is 7.39. The Kier molecular flexibility index (Phi) is 5.76. The lowest BCUT2D eigenvalue weighted by Crippen LogP contribution is -2.40. The van der Waals surface area contributed by atoms with Crippen LogP contribution in [-0.4, -0.2) is 27.6 Å². The second-order valence-corrected chi connectivity index (χ2v) is 8.33. The van der Waals surface area contributed by atoms with Gasteiger partial charge in [0.1, 0.15) is 6.54 Å². The van der Waals surface area contributed by atoms with Gasteiger partial charge in [0.25, 0.3) is 5.91 Å². The van der Waals surface area contributed by atoms with Gasteiger partial charge < -0.3 is 10.6 Å². The molecular formula is C19H26N4O2S. The smallest absolute Gasteiger partial charge is 0.255 e. The second kappa shape index (κ2) is 8.03. The molecule has 140 valence electrons. The van der Waals surface area contributed by atoms with E-state index in [1.54, 1.807) is 17.5 Å². The Morgan fingerprint density at radius 3 is 2.77 bits per heavy atom. The van der Waals surface area contributed by atoms with Crippen LogP contribution in [0, 0.1) is 0 Å². The minimum absolute atomic E-state index is 0.0501. The number of aromatic nitrogens is 2. The standard InChI is InChI=1S/C19H26N4O2S/c1-19(2,16-9-6-10-26-16)22-18(25)14-11-20-23(12-14)13-17(24)21-15-7-4-3-5-8-15/h6,9-12,15H,3-5,7-8,13H2,1-2H3,(H,21,24)(H,22,25). The van der Waals surface area contributed by atoms with Crippen molar-refractivity contribution in [2.24, 2.45) is 0 Å². The Balaban J connectivity index is 1.55. The summed E-state index contributed by atoms with van der Waals surface area (Å²) < 4.78 is 1.52. The normalized spacial score (nSPS) is 15.6. The molecule has 2 aromatic rings. The quantitative estimate of drug-likeness (QED) is 0.816. The van der Waals surface area contributed by atoms with Gasteiger partial charge in [0.05, 0.1) is 17.3 Å². The predicted octanol–water partition coefficient (Wildman–Crippen LogP) is 3.06. The first-order chi connectivity index (χ1) is 12.4. The van der Waals surface area contributed by atoms with Crippen LogP contribution in [0.3, 0.4) is 0 Å². The molecule has 2 N–H and O–H groups in total. The number of nitrogens with one attached hydrogen (secondary N) is 2. The van der Waals surface area contributed by atoms with E-state index in [-0.39, 0.29) is 24.4 Å². The fourth-order valence-corrected chi connectivity index (χ4v) is 4.09. The van der Waals surface area contributed by atoms with E-state index in [0.717, 1.165) is 17.7 Å². The molecule has 1 aliphatic carbocycles. The zero-order valence-electron chi connectivity index (χ0n) is 15.3. The van der Waals surface area contributed by atoms with Gasteiger partial charge in [-0.15, -0.1) is 11.3 Å². The van der Waals surface area contributed by atoms with Crippen LogP contribution in [-0.2, 0) is 16.9 Å². The molecular weight excluding hydrogens is 348 g/mol. The van der Waals surface area contributed by atoms with Crippen LogP contribution >= 0.6 is 11.3 Å². The van der Waals surface area contributed by atoms with Crippen LogP contribution in [0.25, 0.3) is 0 Å². The summed E-state index contributed by atoms with van der Waals surface area (Å²) in [7, 11) is 0. The summed E-state index contributed by atoms with van der Waals surface area (Å²) in [6, 6.07) is 4.25. The molecule has 0 aliphatic heterocycles. The fourth-order valence-electron chi connectivity index (χ4n) is 3.29. The summed E-state index contributed by atoms with van der Waals surface area (Å²) in [5.41, 5.74) is 0.00575. The van der Waals surface area contributed by atoms with Crippen molar-refractivity contribution in [2.45, 2.75) is 64.1 Å². The number of hydrogen-bond donors (Lipinski definition) is 2. The topological polar surface area (TPSA) is 76.0 Å². The van der Waals surface area contributed by atoms with E-state index >= 15 is 0 Å². The highest BCUT2D eigenvalue weighted by Crippen LogP contribution is 2.25. The Hall–Kier alpha value is -2.15. The van der Waals surface area contributed by atoms with E-state index in [9.17, 15) is 9.59 Å². The van der Waals surface area contributed by atoms with Gasteiger partial charge in [-0.05, 0) is 38.1 Å². The van der Waals surface area contributed by atoms with Gasteiger partial charge in [0.15, 0.2) is 0 Å². The molecule has 0 saturated heterocycles. The summed E-state index contributed by atoms with van der Waals surface area (Å²) >= 11 is 1.61. The molecule has 1 aliphatic rings. The zero-order chi connectivity index (χ0) is 18.6. The summed E-state index contributed by atoms with van der Waals surface area (Å²) in [5, 5.41) is 12.2. The van der Waals surface area contributed by atoms with E-state index in [4.69, 9.17) is 0 Å². The van der Waals surface area contributed by atoms with Crippen LogP contribution in [0.15, 0.2) is 29.9 Å². The minimum Gasteiger partial charge on any atom is -0.352 e. The summed E-state index contributed by atoms with van der Waals surface area (Å²) in [4.78, 5) is 25.8. The van der Waals surface area contributed by atoms with Crippen molar-refractivity contribution in [3.63, 3.8) is 0 Å². The van der Waals surface area contributed by atoms with E-state index in [1.807, 2.05) is 31.4 Å². The van der Waals surface area contributed by atoms with Crippen molar-refractivity contribution in [1.82, 2.24) is 20.4 Å². The Morgan fingerprint density at radius 1 is 1.31 bits per heavy atom. The van der Waals surface area contributed by atoms with Crippen LogP contribution in [0.4, 0.5) is 0 Å². The lowest BCUT2D eigenvalue weighted by Gasteiger charge is -2.24. The van der Waals surface area contributed by atoms with Gasteiger partial charge in [-0.3, -0.25) is 14.3 Å². The van der Waals surface area contributed by atoms with Crippen molar-refractivity contribution in [3.05, 3.63) is 40.3 Å². The van der Waals surface area contributed by atoms with Gasteiger partial charge in [0, 0.05) is 17.1 Å². The molecule has 7 heteroatoms. The Bertz CT molecular complexity index is 745. The first kappa shape index (κ1) is 18.6. The first-order valence-corrected chi connectivity index (χ1v) is 10.0. The van der Waals surface area contributed by atoms with Crippen LogP contribution in [0.5, 0.6) is 0 Å². The molecule has 0 bridgehead atoms. The zero-order valence-corrected chi connectivity index (χ0v) is 16.1. The Morgan fingerprint density at radius 2 is 2.08 bits per heavy atom. The third-order valence-corrected chi connectivity index (χ3v) is 5.93. The molecule has 2 amide bonds. The van der Waals surface area contributed by atoms with Crippen molar-refractivity contribution in [2.75, 3.05) is 0 Å². The molecule has 0 atom stereocenters. The average Bonchev–Trinajstić information content (AvgIpc) is 3.27. The first-order valence-electron chi connectivity index (χ1n) is 9.12. The largest absolute Gasteiger partial charge is 0.352 e. The number of thiophene rings is 1. The van der Waals surface area contributed by atoms with E-state index < -0.39 is 5.54 Å². The number of carbonyl (C=O) groups is 2. The lowest BCUT2D eigenvalue weighted by molar-refractivity contribution is -0.122. The molecule has 1 saturated carbocycles. The van der Waals surface area contributed by atoms with Crippen LogP contribution < -0.4 is 10.6 Å². The third kappa shape index (κ3) is 4.72. The van der Waals surface area contributed by atoms with E-state index in [2.05, 4.69) is 15.7 Å². The van der Waals surface area contributed by atoms with Crippen molar-refractivity contribution in [1.29, 1.82) is 0 Å². The predicted molar refractivity (Wildman–Crippen MR) is 102 cm³/mol. The van der Waals surface area contributed by atoms with Gasteiger partial charge in [-0.2, -0.15) is 5.10 Å². The maximum Gasteiger partial charge on any atom is 0.255 e. The molecule has 3 rings (SSSR count). The highest BCUT2D eigenvalue weighted by atomic mass is 32.1. The molecule has 26 heavy (non-hydrogen) atoms. The highest BCUT2D eigenvalue weighted by molar-refractivity contribution is 7.10. The summed E-state index contributed by atoms with van der Waals surface area (Å²) in [6.45, 7) is 4.08. The van der Waals surface area contributed by atoms with E-state index in [0.29, 0.717) is 5.56 Å². The van der Waals surface area contributed by atoms with Gasteiger partial charge in [0.2, 0.25) is 5.91 Å². The lowest BCUT2D eigenvalue weighted by atomic mass is 9.95. The van der Waals surface area contributed by atoms with Crippen LogP contribution in [0.2, 0.25) is 0 Å². The number of amides is 2. The molecule has 0 unspecified atom stereocenters. The van der Waals surface area contributed by atoms with Crippen molar-refractivity contribution < 1.29 is 9.59 Å². The number of carbonyl (C=O) groups excluding carboxylic acids is 2. The van der Waals surface area contributed by atoms with E-state index in [1.165, 1.54) is 30.1 Å². The maximum atomic E-state index is 12.5. The maximum absolute atomic E-state index is 12.5. The van der Waals surface area contributed by atoms with Gasteiger partial charge in [-0.25, -0.2) is 0 Å². The highest BCUT2D eigenvalue weighted by Gasteiger charge is 2.25. The third-order valence-electron chi connectivity index (χ3n) is 4.73. The molecule has 2 aromatic heterocycles. The number of nitrogens with zero attached hydrogens (tertiary/aromatic N) is 2. The molecule has 0 spiro atoms. The summed E-state index contributed by atoms with van der Waals surface area (Å²) in [5.74, 6) is -0.242. The fraction of sp³-hybridized carbons (Fsp3) is 0.526. The molecule has 0 radical (unpaired) electrons. The van der Waals surface area contributed by atoms with Crippen molar-refractivity contribution >= 4 is 23.2 Å². The monoisotopic (exact) mass is 374 g/mol.